The van der Waals surface area contributed by atoms with Crippen molar-refractivity contribution in [1.82, 2.24) is 4.98 Å². The number of aryl methyl sites for hydroxylation is 1. The predicted molar refractivity (Wildman–Crippen MR) is 98.1 cm³/mol. The minimum atomic E-state index is -3.51. The van der Waals surface area contributed by atoms with Crippen molar-refractivity contribution in [3.05, 3.63) is 65.9 Å². The van der Waals surface area contributed by atoms with Gasteiger partial charge in [-0.15, -0.1) is 0 Å². The molecule has 3 aromatic rings. The molecule has 0 spiro atoms. The fraction of sp³-hybridized carbons (Fsp3) is 0.158. The summed E-state index contributed by atoms with van der Waals surface area (Å²) in [7, 11) is -3.51. The molecule has 1 heterocycles. The number of fused-ring (bicyclic) bond motifs is 1. The Morgan fingerprint density at radius 3 is 2.44 bits per heavy atom. The number of anilines is 1. The van der Waals surface area contributed by atoms with Crippen LogP contribution in [0.4, 0.5) is 5.69 Å². The zero-order valence-corrected chi connectivity index (χ0v) is 14.8. The third-order valence-corrected chi connectivity index (χ3v) is 5.49. The van der Waals surface area contributed by atoms with Crippen molar-refractivity contribution in [2.45, 2.75) is 24.5 Å². The molecule has 3 rings (SSSR count). The van der Waals surface area contributed by atoms with Crippen molar-refractivity contribution in [3.63, 3.8) is 0 Å². The summed E-state index contributed by atoms with van der Waals surface area (Å²) in [5.41, 5.74) is 2.87. The maximum Gasteiger partial charge on any atom is 0.221 e. The number of pyridine rings is 1. The maximum absolute atomic E-state index is 12.8. The Balaban J connectivity index is 1.95. The first-order valence-corrected chi connectivity index (χ1v) is 9.46. The Kier molecular flexibility index (Phi) is 4.55. The van der Waals surface area contributed by atoms with Crippen molar-refractivity contribution >= 4 is 32.3 Å². The van der Waals surface area contributed by atoms with E-state index in [-0.39, 0.29) is 16.6 Å². The van der Waals surface area contributed by atoms with E-state index in [0.29, 0.717) is 5.69 Å². The van der Waals surface area contributed by atoms with Gasteiger partial charge in [-0.3, -0.25) is 9.78 Å². The molecule has 0 atom stereocenters. The van der Waals surface area contributed by atoms with E-state index in [1.807, 2.05) is 37.3 Å². The van der Waals surface area contributed by atoms with E-state index in [9.17, 15) is 13.2 Å². The molecular weight excluding hydrogens is 336 g/mol. The summed E-state index contributed by atoms with van der Waals surface area (Å²) >= 11 is 0. The van der Waals surface area contributed by atoms with Gasteiger partial charge in [-0.25, -0.2) is 8.42 Å². The van der Waals surface area contributed by atoms with E-state index in [0.717, 1.165) is 22.2 Å². The quantitative estimate of drug-likeness (QED) is 0.778. The second kappa shape index (κ2) is 6.64. The monoisotopic (exact) mass is 354 g/mol. The van der Waals surface area contributed by atoms with Crippen LogP contribution in [0.15, 0.2) is 59.5 Å². The minimum absolute atomic E-state index is 0.101. The predicted octanol–water partition coefficient (Wildman–Crippen LogP) is 3.48. The summed E-state index contributed by atoms with van der Waals surface area (Å²) in [4.78, 5) is 15.7. The summed E-state index contributed by atoms with van der Waals surface area (Å²) in [5.74, 6) is -0.301. The van der Waals surface area contributed by atoms with Gasteiger partial charge in [-0.1, -0.05) is 18.2 Å². The van der Waals surface area contributed by atoms with Crippen molar-refractivity contribution in [2.24, 2.45) is 0 Å². The first kappa shape index (κ1) is 17.1. The van der Waals surface area contributed by atoms with Crippen LogP contribution in [0.25, 0.3) is 10.9 Å². The van der Waals surface area contributed by atoms with E-state index in [1.165, 1.54) is 19.1 Å². The van der Waals surface area contributed by atoms with Gasteiger partial charge < -0.3 is 5.32 Å². The van der Waals surface area contributed by atoms with Gasteiger partial charge in [0.05, 0.1) is 16.2 Å². The molecule has 0 aliphatic rings. The molecule has 0 radical (unpaired) electrons. The lowest BCUT2D eigenvalue weighted by molar-refractivity contribution is -0.114. The maximum atomic E-state index is 12.8. The summed E-state index contributed by atoms with van der Waals surface area (Å²) < 4.78 is 25.6. The minimum Gasteiger partial charge on any atom is -0.326 e. The van der Waals surface area contributed by atoms with Gasteiger partial charge in [0, 0.05) is 23.7 Å². The Bertz CT molecular complexity index is 1040. The number of para-hydroxylation sites is 1. The van der Waals surface area contributed by atoms with Crippen LogP contribution in [-0.2, 0) is 20.4 Å². The normalized spacial score (nSPS) is 11.4. The number of hydrogen-bond donors (Lipinski definition) is 1. The van der Waals surface area contributed by atoms with Crippen LogP contribution in [0.2, 0.25) is 0 Å². The zero-order valence-electron chi connectivity index (χ0n) is 14.0. The van der Waals surface area contributed by atoms with Crippen molar-refractivity contribution in [2.75, 3.05) is 5.32 Å². The lowest BCUT2D eigenvalue weighted by Gasteiger charge is -2.10. The summed E-state index contributed by atoms with van der Waals surface area (Å²) in [5, 5.41) is 3.46. The van der Waals surface area contributed by atoms with E-state index < -0.39 is 9.84 Å². The highest BCUT2D eigenvalue weighted by Gasteiger charge is 2.17. The summed E-state index contributed by atoms with van der Waals surface area (Å²) in [6.07, 6.45) is 0. The van der Waals surface area contributed by atoms with Gasteiger partial charge in [0.25, 0.3) is 0 Å². The standard InChI is InChI=1S/C19H18N2O3S/c1-13-11-15(18-5-3-4-6-19(18)20-13)12-25(23,24)17-9-7-16(8-10-17)21-14(2)22/h3-11H,12H2,1-2H3,(H,21,22). The van der Waals surface area contributed by atoms with Crippen molar-refractivity contribution in [3.8, 4) is 0 Å². The van der Waals surface area contributed by atoms with Crippen molar-refractivity contribution < 1.29 is 13.2 Å². The third-order valence-electron chi connectivity index (χ3n) is 3.81. The molecule has 1 N–H and O–H groups in total. The van der Waals surface area contributed by atoms with Crippen LogP contribution >= 0.6 is 0 Å². The number of amides is 1. The number of carbonyl (C=O) groups excluding carboxylic acids is 1. The lowest BCUT2D eigenvalue weighted by Crippen LogP contribution is -2.08. The van der Waals surface area contributed by atoms with Crippen LogP contribution in [0.5, 0.6) is 0 Å². The third kappa shape index (κ3) is 3.85. The van der Waals surface area contributed by atoms with Crippen LogP contribution in [0.1, 0.15) is 18.2 Å². The Hall–Kier alpha value is -2.73. The molecule has 1 aromatic heterocycles. The highest BCUT2D eigenvalue weighted by Crippen LogP contribution is 2.24. The highest BCUT2D eigenvalue weighted by atomic mass is 32.2. The lowest BCUT2D eigenvalue weighted by atomic mass is 10.1. The van der Waals surface area contributed by atoms with E-state index in [2.05, 4.69) is 10.3 Å². The van der Waals surface area contributed by atoms with Crippen LogP contribution in [0, 0.1) is 6.92 Å². The van der Waals surface area contributed by atoms with Crippen molar-refractivity contribution in [1.29, 1.82) is 0 Å². The van der Waals surface area contributed by atoms with Crippen LogP contribution in [-0.4, -0.2) is 19.3 Å². The highest BCUT2D eigenvalue weighted by molar-refractivity contribution is 7.90. The van der Waals surface area contributed by atoms with Gasteiger partial charge in [-0.2, -0.15) is 0 Å². The van der Waals surface area contributed by atoms with Gasteiger partial charge in [0.1, 0.15) is 0 Å². The average molecular weight is 354 g/mol. The Morgan fingerprint density at radius 2 is 1.76 bits per heavy atom. The molecule has 0 saturated carbocycles. The second-order valence-electron chi connectivity index (χ2n) is 5.90. The van der Waals surface area contributed by atoms with Gasteiger partial charge in [-0.05, 0) is 48.9 Å². The van der Waals surface area contributed by atoms with E-state index in [1.54, 1.807) is 12.1 Å². The smallest absolute Gasteiger partial charge is 0.221 e. The molecule has 0 bridgehead atoms. The van der Waals surface area contributed by atoms with E-state index >= 15 is 0 Å². The molecule has 6 heteroatoms. The fourth-order valence-electron chi connectivity index (χ4n) is 2.75. The van der Waals surface area contributed by atoms with Crippen LogP contribution in [0.3, 0.4) is 0 Å². The SMILES string of the molecule is CC(=O)Nc1ccc(S(=O)(=O)Cc2cc(C)nc3ccccc23)cc1. The molecule has 0 aliphatic carbocycles. The number of carbonyl (C=O) groups is 1. The fourth-order valence-corrected chi connectivity index (χ4v) is 4.12. The Labute approximate surface area is 146 Å². The number of sulfone groups is 1. The van der Waals surface area contributed by atoms with Gasteiger partial charge in [0.2, 0.25) is 5.91 Å². The number of rotatable bonds is 4. The number of benzene rings is 2. The van der Waals surface area contributed by atoms with Gasteiger partial charge in [0.15, 0.2) is 9.84 Å². The number of nitrogens with one attached hydrogen (secondary N) is 1. The Morgan fingerprint density at radius 1 is 1.08 bits per heavy atom. The molecule has 2 aromatic carbocycles. The first-order valence-electron chi connectivity index (χ1n) is 7.81. The first-order chi connectivity index (χ1) is 11.8. The molecule has 5 nitrogen and oxygen atoms in total. The zero-order chi connectivity index (χ0) is 18.0. The molecular formula is C19H18N2O3S. The van der Waals surface area contributed by atoms with Gasteiger partial charge >= 0.3 is 0 Å². The summed E-state index contributed by atoms with van der Waals surface area (Å²) in [6, 6.07) is 15.5. The molecule has 128 valence electrons. The molecule has 0 unspecified atom stereocenters. The topological polar surface area (TPSA) is 76.1 Å². The molecule has 0 aliphatic heterocycles. The molecule has 0 fully saturated rings. The average Bonchev–Trinajstić information content (AvgIpc) is 2.54. The van der Waals surface area contributed by atoms with E-state index in [4.69, 9.17) is 0 Å². The molecule has 0 saturated heterocycles. The largest absolute Gasteiger partial charge is 0.326 e. The molecule has 25 heavy (non-hydrogen) atoms. The second-order valence-corrected chi connectivity index (χ2v) is 7.89. The summed E-state index contributed by atoms with van der Waals surface area (Å²) in [6.45, 7) is 3.26. The molecule has 1 amide bonds. The number of nitrogens with zero attached hydrogens (tertiary/aromatic N) is 1. The van der Waals surface area contributed by atoms with Crippen LogP contribution < -0.4 is 5.32 Å². The number of hydrogen-bond acceptors (Lipinski definition) is 4. The number of aromatic nitrogens is 1.